The molecule has 0 unspecified atom stereocenters. The van der Waals surface area contributed by atoms with Crippen LogP contribution < -0.4 is 0 Å². The van der Waals surface area contributed by atoms with E-state index < -0.39 is 0 Å². The van der Waals surface area contributed by atoms with Gasteiger partial charge in [-0.15, -0.1) is 0 Å². The lowest BCUT2D eigenvalue weighted by molar-refractivity contribution is 0.185. The molecule has 2 amide bonds. The van der Waals surface area contributed by atoms with E-state index in [1.165, 1.54) is 0 Å². The monoisotopic (exact) mass is 198 g/mol. The Bertz CT molecular complexity index is 226. The van der Waals surface area contributed by atoms with Gasteiger partial charge in [0.15, 0.2) is 0 Å². The van der Waals surface area contributed by atoms with Gasteiger partial charge >= 0.3 is 6.03 Å². The first-order valence-electron chi connectivity index (χ1n) is 5.10. The number of hydrogen-bond acceptors (Lipinski definition) is 3. The zero-order valence-corrected chi connectivity index (χ0v) is 8.02. The highest BCUT2D eigenvalue weighted by atomic mass is 16.6. The molecule has 5 nitrogen and oxygen atoms in total. The van der Waals surface area contributed by atoms with Crippen molar-refractivity contribution in [2.75, 3.05) is 39.4 Å². The fourth-order valence-corrected chi connectivity index (χ4v) is 1.81. The van der Waals surface area contributed by atoms with E-state index in [1.807, 2.05) is 9.80 Å². The third-order valence-corrected chi connectivity index (χ3v) is 2.83. The van der Waals surface area contributed by atoms with Gasteiger partial charge in [0.1, 0.15) is 0 Å². The van der Waals surface area contributed by atoms with Crippen molar-refractivity contribution in [3.8, 4) is 0 Å². The molecule has 14 heavy (non-hydrogen) atoms. The molecule has 3 fully saturated rings. The van der Waals surface area contributed by atoms with Gasteiger partial charge in [-0.3, -0.25) is 0 Å². The molecule has 0 aromatic carbocycles. The number of carbonyl (C=O) groups excluding carboxylic acids is 1. The summed E-state index contributed by atoms with van der Waals surface area (Å²) in [6.07, 6.45) is 0.604. The topological polar surface area (TPSA) is 48.6 Å². The summed E-state index contributed by atoms with van der Waals surface area (Å²) in [7, 11) is 0. The first-order chi connectivity index (χ1) is 6.83. The summed E-state index contributed by atoms with van der Waals surface area (Å²) in [6, 6.07) is 0.149. The second-order valence-electron chi connectivity index (χ2n) is 4.09. The van der Waals surface area contributed by atoms with Crippen molar-refractivity contribution in [3.05, 3.63) is 0 Å². The Morgan fingerprint density at radius 3 is 1.86 bits per heavy atom. The maximum atomic E-state index is 11.8. The first-order valence-corrected chi connectivity index (χ1v) is 5.10. The summed E-state index contributed by atoms with van der Waals surface area (Å²) in [6.45, 7) is 4.84. The Kier molecular flexibility index (Phi) is 1.88. The molecule has 0 aromatic heterocycles. The quantitative estimate of drug-likeness (QED) is 0.573. The van der Waals surface area contributed by atoms with Crippen LogP contribution in [0, 0.1) is 0 Å². The van der Waals surface area contributed by atoms with Crippen LogP contribution in [0.1, 0.15) is 0 Å². The predicted molar refractivity (Wildman–Crippen MR) is 48.0 cm³/mol. The summed E-state index contributed by atoms with van der Waals surface area (Å²) >= 11 is 0. The Morgan fingerprint density at radius 2 is 1.50 bits per heavy atom. The highest BCUT2D eigenvalue weighted by Gasteiger charge is 2.36. The van der Waals surface area contributed by atoms with E-state index in [0.717, 1.165) is 39.4 Å². The molecule has 3 saturated heterocycles. The van der Waals surface area contributed by atoms with E-state index in [2.05, 4.69) is 0 Å². The fourth-order valence-electron chi connectivity index (χ4n) is 1.81. The van der Waals surface area contributed by atoms with E-state index in [0.29, 0.717) is 12.2 Å². The molecule has 3 aliphatic rings. The molecule has 3 rings (SSSR count). The Balaban J connectivity index is 1.53. The Hall–Kier alpha value is -0.810. The highest BCUT2D eigenvalue weighted by molar-refractivity contribution is 5.76. The van der Waals surface area contributed by atoms with E-state index in [1.54, 1.807) is 0 Å². The standard InChI is InChI=1S/C9H14N2O3/c12-9-10(3-7-5-13-7)1-2-11(9)4-8-6-14-8/h7-8H,1-6H2/t7-,8-/m0/s1. The molecule has 3 heterocycles. The van der Waals surface area contributed by atoms with Crippen molar-refractivity contribution >= 4 is 6.03 Å². The largest absolute Gasteiger partial charge is 0.371 e. The smallest absolute Gasteiger partial charge is 0.320 e. The SMILES string of the molecule is O=C1N(C[C@H]2CO2)CCN1C[C@H]1CO1. The highest BCUT2D eigenvalue weighted by Crippen LogP contribution is 2.18. The van der Waals surface area contributed by atoms with Crippen LogP contribution >= 0.6 is 0 Å². The van der Waals surface area contributed by atoms with E-state index >= 15 is 0 Å². The average Bonchev–Trinajstić information content (AvgIpc) is 3.03. The predicted octanol–water partition coefficient (Wildman–Crippen LogP) is -0.478. The van der Waals surface area contributed by atoms with Crippen LogP contribution in [0.3, 0.4) is 0 Å². The van der Waals surface area contributed by atoms with Gasteiger partial charge in [-0.1, -0.05) is 0 Å². The molecule has 3 aliphatic heterocycles. The molecule has 2 atom stereocenters. The molecule has 0 saturated carbocycles. The van der Waals surface area contributed by atoms with Crippen LogP contribution in [0.2, 0.25) is 0 Å². The number of urea groups is 1. The maximum Gasteiger partial charge on any atom is 0.320 e. The number of rotatable bonds is 4. The van der Waals surface area contributed by atoms with Crippen molar-refractivity contribution in [2.24, 2.45) is 0 Å². The van der Waals surface area contributed by atoms with Crippen LogP contribution in [0.25, 0.3) is 0 Å². The van der Waals surface area contributed by atoms with Gasteiger partial charge in [0, 0.05) is 13.1 Å². The molecule has 5 heteroatoms. The number of epoxide rings is 2. The zero-order valence-electron chi connectivity index (χ0n) is 8.02. The summed E-state index contributed by atoms with van der Waals surface area (Å²) in [5.41, 5.74) is 0. The Labute approximate surface area is 82.5 Å². The minimum absolute atomic E-state index is 0.149. The van der Waals surface area contributed by atoms with Gasteiger partial charge < -0.3 is 19.3 Å². The summed E-state index contributed by atoms with van der Waals surface area (Å²) < 4.78 is 10.2. The summed E-state index contributed by atoms with van der Waals surface area (Å²) in [5.74, 6) is 0. The van der Waals surface area contributed by atoms with Gasteiger partial charge in [-0.2, -0.15) is 0 Å². The number of nitrogens with zero attached hydrogens (tertiary/aromatic N) is 2. The van der Waals surface area contributed by atoms with Crippen molar-refractivity contribution in [3.63, 3.8) is 0 Å². The number of ether oxygens (including phenoxy) is 2. The number of amides is 2. The van der Waals surface area contributed by atoms with Gasteiger partial charge in [-0.05, 0) is 0 Å². The molecule has 78 valence electrons. The fraction of sp³-hybridized carbons (Fsp3) is 0.889. The van der Waals surface area contributed by atoms with Crippen molar-refractivity contribution < 1.29 is 14.3 Å². The summed E-state index contributed by atoms with van der Waals surface area (Å²) in [4.78, 5) is 15.5. The second-order valence-corrected chi connectivity index (χ2v) is 4.09. The third-order valence-electron chi connectivity index (χ3n) is 2.83. The molecule has 0 spiro atoms. The van der Waals surface area contributed by atoms with Crippen molar-refractivity contribution in [1.29, 1.82) is 0 Å². The molecular formula is C9H14N2O3. The lowest BCUT2D eigenvalue weighted by Crippen LogP contribution is -2.35. The van der Waals surface area contributed by atoms with Gasteiger partial charge in [0.25, 0.3) is 0 Å². The lowest BCUT2D eigenvalue weighted by Gasteiger charge is -2.16. The molecule has 0 N–H and O–H groups in total. The van der Waals surface area contributed by atoms with E-state index in [4.69, 9.17) is 9.47 Å². The first kappa shape index (κ1) is 8.49. The van der Waals surface area contributed by atoms with Crippen molar-refractivity contribution in [1.82, 2.24) is 9.80 Å². The normalized spacial score (nSPS) is 35.3. The van der Waals surface area contributed by atoms with E-state index in [9.17, 15) is 4.79 Å². The zero-order chi connectivity index (χ0) is 9.54. The van der Waals surface area contributed by atoms with Crippen LogP contribution in [-0.2, 0) is 9.47 Å². The van der Waals surface area contributed by atoms with Gasteiger partial charge in [-0.25, -0.2) is 4.79 Å². The summed E-state index contributed by atoms with van der Waals surface area (Å²) in [5, 5.41) is 0. The average molecular weight is 198 g/mol. The molecule has 0 aliphatic carbocycles. The molecule has 0 aromatic rings. The molecular weight excluding hydrogens is 184 g/mol. The second kappa shape index (κ2) is 3.10. The molecule has 0 radical (unpaired) electrons. The van der Waals surface area contributed by atoms with E-state index in [-0.39, 0.29) is 6.03 Å². The van der Waals surface area contributed by atoms with Gasteiger partial charge in [0.2, 0.25) is 0 Å². The molecule has 0 bridgehead atoms. The number of hydrogen-bond donors (Lipinski definition) is 0. The minimum atomic E-state index is 0.149. The van der Waals surface area contributed by atoms with Crippen LogP contribution in [-0.4, -0.2) is 67.4 Å². The lowest BCUT2D eigenvalue weighted by atomic mass is 10.4. The number of carbonyl (C=O) groups is 1. The van der Waals surface area contributed by atoms with Gasteiger partial charge in [0.05, 0.1) is 38.5 Å². The van der Waals surface area contributed by atoms with Crippen LogP contribution in [0.15, 0.2) is 0 Å². The van der Waals surface area contributed by atoms with Crippen LogP contribution in [0.5, 0.6) is 0 Å². The Morgan fingerprint density at radius 1 is 1.07 bits per heavy atom. The third kappa shape index (κ3) is 1.69. The van der Waals surface area contributed by atoms with Crippen molar-refractivity contribution in [2.45, 2.75) is 12.2 Å². The van der Waals surface area contributed by atoms with Crippen LogP contribution in [0.4, 0.5) is 4.79 Å². The maximum absolute atomic E-state index is 11.8. The minimum Gasteiger partial charge on any atom is -0.371 e.